The van der Waals surface area contributed by atoms with Gasteiger partial charge in [-0.3, -0.25) is 19.2 Å². The molecule has 2 fully saturated rings. The van der Waals surface area contributed by atoms with E-state index in [0.29, 0.717) is 109 Å². The standard InChI is InChI=1S/C26H30N4O3.2C25H28N4O4/c1-4-33-23-14-18(15-28-26(32)20-13-16(2)9-10-17(20)3)11-12-22(23)30-24(25(27)31)19-7-5-6-8-21(19)29-30;1-15-3-4-16(2)20(13-15)24(30)27-14-17-5-7-19(8-6-17)29-23(25(31)32)21(26)22(28-29)18-9-11-33-12-10-18;1-15-5-6-16(2)20(12-15)24(30)27-13-17-7-9-19(10-8-17)29-23(25(31)32)21(26)22(28-29)18-4-3-11-33-14-18/h9-14H,4-8,15H2,1-3H3,(H2,27,31)(H,28,32);3-8,13,18H,9-12,14,26H2,1-2H3,(H,27,30)(H,31,32);5-10,12,18H,3-4,11,13-14,26H2,1-2H3,(H,27,30)(H,31,32). The number of hydrogen-bond acceptors (Lipinski definition) is 14. The molecule has 516 valence electrons. The zero-order valence-electron chi connectivity index (χ0n) is 57.0. The first kappa shape index (κ1) is 70.9. The summed E-state index contributed by atoms with van der Waals surface area (Å²) in [5, 5.41) is 42.2. The van der Waals surface area contributed by atoms with Crippen molar-refractivity contribution in [2.75, 3.05) is 44.5 Å². The number of nitrogens with one attached hydrogen (secondary N) is 3. The molecule has 2 aliphatic heterocycles. The molecule has 0 spiro atoms. The number of rotatable bonds is 19. The van der Waals surface area contributed by atoms with Crippen molar-refractivity contribution in [2.24, 2.45) is 5.73 Å². The molecule has 11 N–H and O–H groups in total. The smallest absolute Gasteiger partial charge is 0.356 e. The number of anilines is 2. The highest BCUT2D eigenvalue weighted by atomic mass is 16.5. The van der Waals surface area contributed by atoms with Gasteiger partial charge in [-0.15, -0.1) is 0 Å². The van der Waals surface area contributed by atoms with Gasteiger partial charge in [0.05, 0.1) is 53.0 Å². The Labute approximate surface area is 575 Å². The first-order chi connectivity index (χ1) is 47.6. The molecule has 3 aromatic heterocycles. The normalized spacial score (nSPS) is 14.3. The van der Waals surface area contributed by atoms with E-state index >= 15 is 0 Å². The Bertz CT molecular complexity index is 4270. The Kier molecular flexibility index (Phi) is 22.9. The van der Waals surface area contributed by atoms with Gasteiger partial charge in [0.1, 0.15) is 17.1 Å². The number of benzene rings is 6. The lowest BCUT2D eigenvalue weighted by atomic mass is 9.95. The molecule has 12 rings (SSSR count). The highest BCUT2D eigenvalue weighted by Gasteiger charge is 2.31. The van der Waals surface area contributed by atoms with Gasteiger partial charge in [0.15, 0.2) is 11.4 Å². The number of amides is 4. The molecule has 4 amide bonds. The molecule has 2 saturated heterocycles. The molecule has 0 radical (unpaired) electrons. The Morgan fingerprint density at radius 1 is 0.515 bits per heavy atom. The summed E-state index contributed by atoms with van der Waals surface area (Å²) in [6.07, 6.45) is 7.00. The molecule has 23 heteroatoms. The number of aromatic nitrogens is 6. The largest absolute Gasteiger partial charge is 0.492 e. The number of nitrogen functional groups attached to an aromatic ring is 2. The van der Waals surface area contributed by atoms with Gasteiger partial charge in [-0.1, -0.05) is 83.4 Å². The summed E-state index contributed by atoms with van der Waals surface area (Å²) in [6.45, 7) is 17.5. The third kappa shape index (κ3) is 16.7. The maximum atomic E-state index is 12.7. The quantitative estimate of drug-likeness (QED) is 0.0373. The van der Waals surface area contributed by atoms with E-state index in [2.05, 4.69) is 26.1 Å². The lowest BCUT2D eigenvalue weighted by Gasteiger charge is -2.20. The fourth-order valence-electron chi connectivity index (χ4n) is 12.6. The van der Waals surface area contributed by atoms with Gasteiger partial charge in [-0.2, -0.15) is 15.3 Å². The predicted molar refractivity (Wildman–Crippen MR) is 377 cm³/mol. The molecule has 5 heterocycles. The lowest BCUT2D eigenvalue weighted by Crippen LogP contribution is -2.24. The van der Waals surface area contributed by atoms with E-state index in [-0.39, 0.29) is 52.3 Å². The Morgan fingerprint density at radius 3 is 1.41 bits per heavy atom. The van der Waals surface area contributed by atoms with Crippen molar-refractivity contribution in [3.8, 4) is 22.8 Å². The molecule has 9 aromatic rings. The van der Waals surface area contributed by atoms with Gasteiger partial charge < -0.3 is 57.6 Å². The minimum absolute atomic E-state index is 0.0161. The van der Waals surface area contributed by atoms with Crippen molar-refractivity contribution in [1.82, 2.24) is 45.3 Å². The number of nitrogens with zero attached hydrogens (tertiary/aromatic N) is 6. The van der Waals surface area contributed by atoms with E-state index in [9.17, 15) is 39.0 Å². The summed E-state index contributed by atoms with van der Waals surface area (Å²) >= 11 is 0. The van der Waals surface area contributed by atoms with E-state index in [1.165, 1.54) is 9.36 Å². The fourth-order valence-corrected chi connectivity index (χ4v) is 12.6. The SMILES string of the molecule is CCOc1cc(CNC(=O)c2cc(C)ccc2C)ccc1-n1nc2c(c1C(N)=O)CCCC2.Cc1ccc(C)c(C(=O)NCc2ccc(-n3nc(C4CCCOC4)c(N)c3C(=O)O)cc2)c1.Cc1ccc(C)c(C(=O)NCc2ccc(-n3nc(C4CCOCC4)c(N)c3C(=O)O)cc2)c1. The minimum Gasteiger partial charge on any atom is -0.492 e. The molecule has 0 bridgehead atoms. The van der Waals surface area contributed by atoms with Gasteiger partial charge in [0, 0.05) is 73.5 Å². The highest BCUT2D eigenvalue weighted by molar-refractivity contribution is 5.98. The summed E-state index contributed by atoms with van der Waals surface area (Å²) in [4.78, 5) is 74.0. The average molecular weight is 1340 g/mol. The van der Waals surface area contributed by atoms with E-state index in [1.54, 1.807) is 28.9 Å². The Morgan fingerprint density at radius 2 is 0.970 bits per heavy atom. The zero-order valence-corrected chi connectivity index (χ0v) is 57.0. The number of ether oxygens (including phenoxy) is 3. The summed E-state index contributed by atoms with van der Waals surface area (Å²) < 4.78 is 21.2. The van der Waals surface area contributed by atoms with Crippen LogP contribution >= 0.6 is 0 Å². The van der Waals surface area contributed by atoms with Crippen LogP contribution in [-0.2, 0) is 41.9 Å². The third-order valence-electron chi connectivity index (χ3n) is 18.0. The number of fused-ring (bicyclic) bond motifs is 1. The van der Waals surface area contributed by atoms with Crippen molar-refractivity contribution in [2.45, 2.75) is 131 Å². The van der Waals surface area contributed by atoms with Crippen molar-refractivity contribution in [3.05, 3.63) is 228 Å². The van der Waals surface area contributed by atoms with Gasteiger partial charge in [-0.05, 0) is 188 Å². The minimum atomic E-state index is -1.13. The topological polar surface area (TPSA) is 338 Å². The number of carbonyl (C=O) groups excluding carboxylic acids is 4. The second kappa shape index (κ2) is 32.0. The van der Waals surface area contributed by atoms with Crippen LogP contribution in [-0.4, -0.2) is 108 Å². The number of carboxylic acid groups (broad SMARTS) is 2. The van der Waals surface area contributed by atoms with Crippen LogP contribution in [0.25, 0.3) is 17.1 Å². The molecule has 99 heavy (non-hydrogen) atoms. The van der Waals surface area contributed by atoms with Gasteiger partial charge >= 0.3 is 11.9 Å². The number of carbonyl (C=O) groups is 6. The molecule has 1 aliphatic carbocycles. The maximum absolute atomic E-state index is 12.7. The van der Waals surface area contributed by atoms with E-state index in [0.717, 1.165) is 113 Å². The summed E-state index contributed by atoms with van der Waals surface area (Å²) in [7, 11) is 0. The zero-order chi connectivity index (χ0) is 70.6. The second-order valence-corrected chi connectivity index (χ2v) is 25.4. The number of primary amides is 1. The Balaban J connectivity index is 0.000000161. The van der Waals surface area contributed by atoms with Crippen LogP contribution < -0.4 is 37.9 Å². The number of aryl methyl sites for hydroxylation is 7. The highest BCUT2D eigenvalue weighted by Crippen LogP contribution is 2.36. The summed E-state index contributed by atoms with van der Waals surface area (Å²) in [6, 6.07) is 37.6. The molecular formula is C76H86N12O11. The van der Waals surface area contributed by atoms with E-state index < -0.39 is 17.8 Å². The molecule has 23 nitrogen and oxygen atoms in total. The van der Waals surface area contributed by atoms with Gasteiger partial charge in [-0.25, -0.2) is 23.6 Å². The monoisotopic (exact) mass is 1340 g/mol. The van der Waals surface area contributed by atoms with Crippen LogP contribution in [0.4, 0.5) is 11.4 Å². The van der Waals surface area contributed by atoms with Crippen molar-refractivity contribution in [3.63, 3.8) is 0 Å². The molecule has 6 aromatic carbocycles. The second-order valence-electron chi connectivity index (χ2n) is 25.4. The van der Waals surface area contributed by atoms with Crippen LogP contribution in [0.2, 0.25) is 0 Å². The number of carboxylic acids is 2. The van der Waals surface area contributed by atoms with Crippen LogP contribution in [0.15, 0.2) is 121 Å². The van der Waals surface area contributed by atoms with Crippen molar-refractivity contribution in [1.29, 1.82) is 0 Å². The summed E-state index contributed by atoms with van der Waals surface area (Å²) in [5.41, 5.74) is 34.3. The molecular weight excluding hydrogens is 1260 g/mol. The molecule has 1 atom stereocenters. The maximum Gasteiger partial charge on any atom is 0.356 e. The number of aromatic carboxylic acids is 2. The average Bonchev–Trinajstić information content (AvgIpc) is 1.64. The van der Waals surface area contributed by atoms with Crippen molar-refractivity contribution < 1.29 is 53.2 Å². The molecule has 1 unspecified atom stereocenters. The first-order valence-corrected chi connectivity index (χ1v) is 33.4. The third-order valence-corrected chi connectivity index (χ3v) is 18.0. The van der Waals surface area contributed by atoms with Crippen LogP contribution in [0.5, 0.6) is 5.75 Å². The molecule has 0 saturated carbocycles. The van der Waals surface area contributed by atoms with Gasteiger partial charge in [0.25, 0.3) is 23.6 Å². The number of nitrogens with two attached hydrogens (primary N) is 3. The van der Waals surface area contributed by atoms with E-state index in [4.69, 9.17) is 36.5 Å². The van der Waals surface area contributed by atoms with Crippen molar-refractivity contribution >= 4 is 46.9 Å². The first-order valence-electron chi connectivity index (χ1n) is 33.4. The van der Waals surface area contributed by atoms with Crippen LogP contribution in [0.3, 0.4) is 0 Å². The van der Waals surface area contributed by atoms with Gasteiger partial charge in [0.2, 0.25) is 0 Å². The fraction of sp³-hybridized carbons (Fsp3) is 0.329. The summed E-state index contributed by atoms with van der Waals surface area (Å²) in [5.74, 6) is -2.46. The lowest BCUT2D eigenvalue weighted by molar-refractivity contribution is 0.0677. The van der Waals surface area contributed by atoms with Crippen LogP contribution in [0.1, 0.15) is 193 Å². The van der Waals surface area contributed by atoms with Crippen LogP contribution in [0, 0.1) is 41.5 Å². The Hall–Kier alpha value is -10.9. The number of hydrogen-bond donors (Lipinski definition) is 8. The van der Waals surface area contributed by atoms with E-state index in [1.807, 2.05) is 146 Å². The predicted octanol–water partition coefficient (Wildman–Crippen LogP) is 11.0. The molecule has 3 aliphatic rings.